The highest BCUT2D eigenvalue weighted by molar-refractivity contribution is 5.71. The van der Waals surface area contributed by atoms with Crippen molar-refractivity contribution in [2.75, 3.05) is 11.1 Å². The van der Waals surface area contributed by atoms with Crippen LogP contribution in [0.4, 0.5) is 27.1 Å². The van der Waals surface area contributed by atoms with Crippen molar-refractivity contribution in [1.82, 2.24) is 0 Å². The van der Waals surface area contributed by atoms with E-state index in [0.717, 1.165) is 6.07 Å². The number of hydrogen-bond acceptors (Lipinski definition) is 4. The number of aryl methyl sites for hydroxylation is 1. The molecule has 0 saturated carbocycles. The highest BCUT2D eigenvalue weighted by Gasteiger charge is 2.17. The van der Waals surface area contributed by atoms with Crippen LogP contribution in [-0.2, 0) is 0 Å². The maximum atomic E-state index is 13.4. The zero-order chi connectivity index (χ0) is 14.0. The molecule has 0 aliphatic heterocycles. The van der Waals surface area contributed by atoms with E-state index in [1.807, 2.05) is 0 Å². The molecular weight excluding hydrogens is 249 g/mol. The Bertz CT molecular complexity index is 627. The van der Waals surface area contributed by atoms with E-state index in [0.29, 0.717) is 16.9 Å². The van der Waals surface area contributed by atoms with Gasteiger partial charge in [0.15, 0.2) is 0 Å². The number of benzene rings is 2. The molecule has 0 fully saturated rings. The Kier molecular flexibility index (Phi) is 3.33. The van der Waals surface area contributed by atoms with Crippen molar-refractivity contribution in [3.8, 4) is 0 Å². The van der Waals surface area contributed by atoms with Crippen LogP contribution in [0, 0.1) is 22.9 Å². The third-order valence-corrected chi connectivity index (χ3v) is 2.66. The normalized spacial score (nSPS) is 10.2. The topological polar surface area (TPSA) is 81.2 Å². The molecule has 6 heteroatoms. The second-order valence-electron chi connectivity index (χ2n) is 4.12. The van der Waals surface area contributed by atoms with E-state index < -0.39 is 10.7 Å². The summed E-state index contributed by atoms with van der Waals surface area (Å²) in [4.78, 5) is 10.3. The molecule has 0 aromatic heterocycles. The Balaban J connectivity index is 2.41. The first kappa shape index (κ1) is 12.8. The first-order valence-electron chi connectivity index (χ1n) is 5.54. The third-order valence-electron chi connectivity index (χ3n) is 2.66. The number of hydrogen-bond donors (Lipinski definition) is 2. The van der Waals surface area contributed by atoms with Gasteiger partial charge in [-0.2, -0.15) is 0 Å². The predicted molar refractivity (Wildman–Crippen MR) is 71.9 cm³/mol. The summed E-state index contributed by atoms with van der Waals surface area (Å²) in [6, 6.07) is 9.05. The molecule has 0 heterocycles. The van der Waals surface area contributed by atoms with Crippen molar-refractivity contribution in [3.05, 3.63) is 57.9 Å². The van der Waals surface area contributed by atoms with Gasteiger partial charge in [-0.1, -0.05) is 0 Å². The number of nitrogens with one attached hydrogen (secondary N) is 1. The van der Waals surface area contributed by atoms with Gasteiger partial charge < -0.3 is 11.1 Å². The van der Waals surface area contributed by atoms with E-state index in [-0.39, 0.29) is 11.4 Å². The maximum absolute atomic E-state index is 13.4. The number of nitro groups is 1. The van der Waals surface area contributed by atoms with Crippen LogP contribution in [0.15, 0.2) is 36.4 Å². The highest BCUT2D eigenvalue weighted by Crippen LogP contribution is 2.30. The van der Waals surface area contributed by atoms with E-state index in [9.17, 15) is 14.5 Å². The second-order valence-corrected chi connectivity index (χ2v) is 4.12. The first-order valence-corrected chi connectivity index (χ1v) is 5.54. The van der Waals surface area contributed by atoms with Crippen molar-refractivity contribution >= 4 is 22.7 Å². The van der Waals surface area contributed by atoms with Crippen LogP contribution in [0.2, 0.25) is 0 Å². The predicted octanol–water partition coefficient (Wildman–Crippen LogP) is 3.37. The molecule has 0 bridgehead atoms. The van der Waals surface area contributed by atoms with Gasteiger partial charge in [-0.05, 0) is 42.8 Å². The molecule has 2 rings (SSSR count). The van der Waals surface area contributed by atoms with Gasteiger partial charge in [-0.25, -0.2) is 4.39 Å². The molecule has 0 atom stereocenters. The number of anilines is 3. The van der Waals surface area contributed by atoms with Gasteiger partial charge in [0.1, 0.15) is 11.5 Å². The van der Waals surface area contributed by atoms with Crippen LogP contribution in [0.25, 0.3) is 0 Å². The SMILES string of the molecule is Cc1cc(Nc2ccc(N)cc2)c([N+](=O)[O-])cc1F. The summed E-state index contributed by atoms with van der Waals surface area (Å²) >= 11 is 0. The minimum absolute atomic E-state index is 0.244. The average molecular weight is 261 g/mol. The monoisotopic (exact) mass is 261 g/mol. The van der Waals surface area contributed by atoms with Crippen molar-refractivity contribution in [3.63, 3.8) is 0 Å². The minimum atomic E-state index is -0.623. The van der Waals surface area contributed by atoms with E-state index in [1.165, 1.54) is 6.07 Å². The lowest BCUT2D eigenvalue weighted by atomic mass is 10.1. The van der Waals surface area contributed by atoms with Gasteiger partial charge in [0.2, 0.25) is 0 Å². The molecule has 98 valence electrons. The molecule has 2 aromatic carbocycles. The Morgan fingerprint density at radius 2 is 1.89 bits per heavy atom. The van der Waals surface area contributed by atoms with Crippen molar-refractivity contribution in [2.45, 2.75) is 6.92 Å². The van der Waals surface area contributed by atoms with E-state index >= 15 is 0 Å². The van der Waals surface area contributed by atoms with Crippen molar-refractivity contribution < 1.29 is 9.31 Å². The molecule has 2 aromatic rings. The second kappa shape index (κ2) is 4.93. The van der Waals surface area contributed by atoms with Crippen molar-refractivity contribution in [1.29, 1.82) is 0 Å². The molecule has 0 aliphatic rings. The number of nitrogens with two attached hydrogens (primary N) is 1. The lowest BCUT2D eigenvalue weighted by Gasteiger charge is -2.09. The van der Waals surface area contributed by atoms with Crippen LogP contribution in [0.3, 0.4) is 0 Å². The summed E-state index contributed by atoms with van der Waals surface area (Å²) in [7, 11) is 0. The van der Waals surface area contributed by atoms with Crippen LogP contribution < -0.4 is 11.1 Å². The number of rotatable bonds is 3. The largest absolute Gasteiger partial charge is 0.399 e. The molecule has 5 nitrogen and oxygen atoms in total. The molecule has 0 unspecified atom stereocenters. The Hall–Kier alpha value is -2.63. The molecular formula is C13H12FN3O2. The summed E-state index contributed by atoms with van der Waals surface area (Å²) in [6.45, 7) is 1.55. The summed E-state index contributed by atoms with van der Waals surface area (Å²) in [5, 5.41) is 13.8. The van der Waals surface area contributed by atoms with Crippen LogP contribution >= 0.6 is 0 Å². The maximum Gasteiger partial charge on any atom is 0.295 e. The van der Waals surface area contributed by atoms with E-state index in [2.05, 4.69) is 5.32 Å². The highest BCUT2D eigenvalue weighted by atomic mass is 19.1. The first-order chi connectivity index (χ1) is 8.97. The van der Waals surface area contributed by atoms with Gasteiger partial charge in [-0.3, -0.25) is 10.1 Å². The number of nitrogens with zero attached hydrogens (tertiary/aromatic N) is 1. The standard InChI is InChI=1S/C13H12FN3O2/c1-8-6-12(13(17(18)19)7-11(8)14)16-10-4-2-9(15)3-5-10/h2-7,16H,15H2,1H3. The van der Waals surface area contributed by atoms with Gasteiger partial charge in [0.05, 0.1) is 11.0 Å². The number of nitro benzene ring substituents is 1. The Morgan fingerprint density at radius 1 is 1.26 bits per heavy atom. The molecule has 0 saturated heterocycles. The lowest BCUT2D eigenvalue weighted by molar-refractivity contribution is -0.384. The number of nitrogen functional groups attached to an aromatic ring is 1. The summed E-state index contributed by atoms with van der Waals surface area (Å²) < 4.78 is 13.4. The Labute approximate surface area is 109 Å². The third kappa shape index (κ3) is 2.79. The van der Waals surface area contributed by atoms with Gasteiger partial charge in [0, 0.05) is 11.4 Å². The molecule has 0 spiro atoms. The number of halogens is 1. The molecule has 0 amide bonds. The van der Waals surface area contributed by atoms with Crippen molar-refractivity contribution in [2.24, 2.45) is 0 Å². The van der Waals surface area contributed by atoms with Crippen LogP contribution in [0.5, 0.6) is 0 Å². The zero-order valence-corrected chi connectivity index (χ0v) is 10.2. The lowest BCUT2D eigenvalue weighted by Crippen LogP contribution is -1.99. The molecule has 19 heavy (non-hydrogen) atoms. The summed E-state index contributed by atoms with van der Waals surface area (Å²) in [5.74, 6) is -0.602. The fraction of sp³-hybridized carbons (Fsp3) is 0.0769. The molecule has 0 aliphatic carbocycles. The van der Waals surface area contributed by atoms with Gasteiger partial charge in [0.25, 0.3) is 5.69 Å². The van der Waals surface area contributed by atoms with E-state index in [4.69, 9.17) is 5.73 Å². The molecule has 0 radical (unpaired) electrons. The Morgan fingerprint density at radius 3 is 2.47 bits per heavy atom. The fourth-order valence-electron chi connectivity index (χ4n) is 1.64. The summed E-state index contributed by atoms with van der Waals surface area (Å²) in [6.07, 6.45) is 0. The minimum Gasteiger partial charge on any atom is -0.399 e. The average Bonchev–Trinajstić information content (AvgIpc) is 2.36. The summed E-state index contributed by atoms with van der Waals surface area (Å²) in [5.41, 5.74) is 7.07. The van der Waals surface area contributed by atoms with Gasteiger partial charge >= 0.3 is 0 Å². The quantitative estimate of drug-likeness (QED) is 0.504. The van der Waals surface area contributed by atoms with Gasteiger partial charge in [-0.15, -0.1) is 0 Å². The van der Waals surface area contributed by atoms with Crippen LogP contribution in [0.1, 0.15) is 5.56 Å². The van der Waals surface area contributed by atoms with Crippen LogP contribution in [-0.4, -0.2) is 4.92 Å². The fourth-order valence-corrected chi connectivity index (χ4v) is 1.64. The zero-order valence-electron chi connectivity index (χ0n) is 10.2. The molecule has 3 N–H and O–H groups in total. The van der Waals surface area contributed by atoms with E-state index in [1.54, 1.807) is 31.2 Å². The smallest absolute Gasteiger partial charge is 0.295 e.